The monoisotopic (exact) mass is 399 g/mol. The van der Waals surface area contributed by atoms with Gasteiger partial charge in [0.1, 0.15) is 6.04 Å². The molecule has 2 heterocycles. The topological polar surface area (TPSA) is 79.4 Å². The molecule has 0 spiro atoms. The zero-order chi connectivity index (χ0) is 19.6. The van der Waals surface area contributed by atoms with Crippen LogP contribution in [0.4, 0.5) is 0 Å². The Labute approximate surface area is 166 Å². The fourth-order valence-electron chi connectivity index (χ4n) is 4.50. The predicted octanol–water partition coefficient (Wildman–Crippen LogP) is 2.72. The van der Waals surface area contributed by atoms with Crippen LogP contribution in [-0.4, -0.2) is 35.7 Å². The Bertz CT molecular complexity index is 918. The molecule has 0 unspecified atom stereocenters. The summed E-state index contributed by atoms with van der Waals surface area (Å²) < 4.78 is 28.3. The lowest BCUT2D eigenvalue weighted by atomic mass is 9.85. The van der Waals surface area contributed by atoms with Gasteiger partial charge in [-0.05, 0) is 49.4 Å². The molecule has 1 aromatic heterocycles. The fraction of sp³-hybridized carbons (Fsp3) is 0.429. The molecule has 2 aromatic rings. The number of nitrogens with one attached hydrogen (secondary N) is 1. The highest BCUT2D eigenvalue weighted by molar-refractivity contribution is 7.89. The molecule has 0 radical (unpaired) electrons. The Hall–Kier alpha value is -2.25. The van der Waals surface area contributed by atoms with E-state index in [1.807, 2.05) is 18.2 Å². The number of sulfonamides is 1. The van der Waals surface area contributed by atoms with Crippen molar-refractivity contribution in [3.8, 4) is 0 Å². The van der Waals surface area contributed by atoms with Gasteiger partial charge in [0.05, 0.1) is 17.1 Å². The summed E-state index contributed by atoms with van der Waals surface area (Å²) in [5.41, 5.74) is 0.753. The normalized spacial score (nSPS) is 25.2. The van der Waals surface area contributed by atoms with Gasteiger partial charge in [-0.3, -0.25) is 9.78 Å². The molecule has 2 fully saturated rings. The molecule has 148 valence electrons. The molecular formula is C21H25N3O3S. The van der Waals surface area contributed by atoms with Gasteiger partial charge < -0.3 is 5.32 Å². The van der Waals surface area contributed by atoms with Crippen molar-refractivity contribution in [2.75, 3.05) is 0 Å². The van der Waals surface area contributed by atoms with Crippen molar-refractivity contribution >= 4 is 15.9 Å². The number of amides is 1. The van der Waals surface area contributed by atoms with Crippen LogP contribution in [0.5, 0.6) is 0 Å². The second kappa shape index (κ2) is 8.01. The van der Waals surface area contributed by atoms with Gasteiger partial charge in [0, 0.05) is 12.2 Å². The Morgan fingerprint density at radius 3 is 2.57 bits per heavy atom. The van der Waals surface area contributed by atoms with Crippen LogP contribution in [0.15, 0.2) is 59.6 Å². The summed E-state index contributed by atoms with van der Waals surface area (Å²) in [6, 6.07) is 13.2. The maximum Gasteiger partial charge on any atom is 0.244 e. The zero-order valence-corrected chi connectivity index (χ0v) is 16.5. The second-order valence-electron chi connectivity index (χ2n) is 7.55. The first-order valence-electron chi connectivity index (χ1n) is 9.83. The van der Waals surface area contributed by atoms with E-state index >= 15 is 0 Å². The smallest absolute Gasteiger partial charge is 0.244 e. The largest absolute Gasteiger partial charge is 0.349 e. The van der Waals surface area contributed by atoms with Gasteiger partial charge in [0.25, 0.3) is 0 Å². The Balaban J connectivity index is 1.60. The molecule has 28 heavy (non-hydrogen) atoms. The van der Waals surface area contributed by atoms with Gasteiger partial charge in [-0.25, -0.2) is 8.42 Å². The van der Waals surface area contributed by atoms with Gasteiger partial charge in [0.15, 0.2) is 0 Å². The number of nitrogens with zero attached hydrogens (tertiary/aromatic N) is 2. The first-order chi connectivity index (χ1) is 13.6. The third-order valence-electron chi connectivity index (χ3n) is 5.82. The molecule has 1 saturated heterocycles. The van der Waals surface area contributed by atoms with Gasteiger partial charge in [0.2, 0.25) is 15.9 Å². The van der Waals surface area contributed by atoms with E-state index in [1.54, 1.807) is 36.5 Å². The van der Waals surface area contributed by atoms with Crippen LogP contribution in [-0.2, 0) is 21.4 Å². The number of hydrogen-bond donors (Lipinski definition) is 1. The number of rotatable bonds is 5. The average Bonchev–Trinajstić information content (AvgIpc) is 3.14. The highest BCUT2D eigenvalue weighted by Crippen LogP contribution is 2.42. The van der Waals surface area contributed by atoms with Crippen LogP contribution in [0.25, 0.3) is 0 Å². The molecular weight excluding hydrogens is 374 g/mol. The van der Waals surface area contributed by atoms with Gasteiger partial charge in [-0.1, -0.05) is 37.1 Å². The van der Waals surface area contributed by atoms with E-state index in [-0.39, 0.29) is 22.8 Å². The molecule has 1 amide bonds. The van der Waals surface area contributed by atoms with E-state index in [9.17, 15) is 13.2 Å². The maximum atomic E-state index is 13.4. The summed E-state index contributed by atoms with van der Waals surface area (Å²) in [6.45, 7) is 0.296. The van der Waals surface area contributed by atoms with Crippen molar-refractivity contribution < 1.29 is 13.2 Å². The zero-order valence-electron chi connectivity index (χ0n) is 15.7. The van der Waals surface area contributed by atoms with Crippen LogP contribution in [0.1, 0.15) is 37.8 Å². The Morgan fingerprint density at radius 1 is 1.07 bits per heavy atom. The number of hydrogen-bond acceptors (Lipinski definition) is 4. The van der Waals surface area contributed by atoms with Crippen molar-refractivity contribution in [2.45, 2.75) is 55.6 Å². The van der Waals surface area contributed by atoms with Crippen molar-refractivity contribution in [1.29, 1.82) is 0 Å². The summed E-state index contributed by atoms with van der Waals surface area (Å²) in [6.07, 6.45) is 6.17. The minimum atomic E-state index is -3.73. The number of pyridine rings is 1. The molecule has 1 aliphatic heterocycles. The van der Waals surface area contributed by atoms with E-state index in [0.29, 0.717) is 13.0 Å². The van der Waals surface area contributed by atoms with Gasteiger partial charge in [-0.15, -0.1) is 0 Å². The standard InChI is InChI=1S/C21H25N3O3S/c25-21(23-15-17-9-6-7-13-22-17)20-14-16-8-4-5-12-19(16)24(20)28(26,27)18-10-2-1-3-11-18/h1-3,6-7,9-11,13,16,19-20H,4-5,8,12,14-15H2,(H,23,25)/t16-,19-,20-/m0/s1. The fourth-order valence-corrected chi connectivity index (χ4v) is 6.40. The Kier molecular flexibility index (Phi) is 5.46. The summed E-state index contributed by atoms with van der Waals surface area (Å²) in [5, 5.41) is 2.90. The minimum absolute atomic E-state index is 0.0930. The SMILES string of the molecule is O=C(NCc1ccccn1)[C@@H]1C[C@@H]2CCCC[C@@H]2N1S(=O)(=O)c1ccccc1. The lowest BCUT2D eigenvalue weighted by Crippen LogP contribution is -2.49. The van der Waals surface area contributed by atoms with Crippen molar-refractivity contribution in [3.63, 3.8) is 0 Å². The second-order valence-corrected chi connectivity index (χ2v) is 9.39. The molecule has 3 atom stereocenters. The van der Waals surface area contributed by atoms with Crippen LogP contribution in [0.3, 0.4) is 0 Å². The lowest BCUT2D eigenvalue weighted by molar-refractivity contribution is -0.124. The van der Waals surface area contributed by atoms with Crippen LogP contribution < -0.4 is 5.32 Å². The number of carbonyl (C=O) groups is 1. The molecule has 1 saturated carbocycles. The van der Waals surface area contributed by atoms with E-state index in [2.05, 4.69) is 10.3 Å². The van der Waals surface area contributed by atoms with Crippen molar-refractivity contribution in [2.24, 2.45) is 5.92 Å². The Morgan fingerprint density at radius 2 is 1.82 bits per heavy atom. The van der Waals surface area contributed by atoms with Gasteiger partial charge in [-0.2, -0.15) is 4.31 Å². The number of carbonyl (C=O) groups excluding carboxylic acids is 1. The van der Waals surface area contributed by atoms with Gasteiger partial charge >= 0.3 is 0 Å². The van der Waals surface area contributed by atoms with Crippen LogP contribution >= 0.6 is 0 Å². The van der Waals surface area contributed by atoms with E-state index in [1.165, 1.54) is 4.31 Å². The predicted molar refractivity (Wildman–Crippen MR) is 106 cm³/mol. The molecule has 2 aliphatic rings. The van der Waals surface area contributed by atoms with Crippen molar-refractivity contribution in [1.82, 2.24) is 14.6 Å². The number of fused-ring (bicyclic) bond motifs is 1. The van der Waals surface area contributed by atoms with Crippen molar-refractivity contribution in [3.05, 3.63) is 60.4 Å². The van der Waals surface area contributed by atoms with E-state index < -0.39 is 16.1 Å². The molecule has 0 bridgehead atoms. The minimum Gasteiger partial charge on any atom is -0.349 e. The molecule has 6 nitrogen and oxygen atoms in total. The highest BCUT2D eigenvalue weighted by atomic mass is 32.2. The maximum absolute atomic E-state index is 13.4. The highest BCUT2D eigenvalue weighted by Gasteiger charge is 2.50. The van der Waals surface area contributed by atoms with E-state index in [0.717, 1.165) is 31.4 Å². The molecule has 1 N–H and O–H groups in total. The molecule has 4 rings (SSSR count). The third-order valence-corrected chi connectivity index (χ3v) is 7.77. The number of aromatic nitrogens is 1. The summed E-state index contributed by atoms with van der Waals surface area (Å²) >= 11 is 0. The quantitative estimate of drug-likeness (QED) is 0.838. The average molecular weight is 400 g/mol. The summed E-state index contributed by atoms with van der Waals surface area (Å²) in [7, 11) is -3.73. The first kappa shape index (κ1) is 19.1. The lowest BCUT2D eigenvalue weighted by Gasteiger charge is -2.32. The molecule has 7 heteroatoms. The van der Waals surface area contributed by atoms with Crippen LogP contribution in [0.2, 0.25) is 0 Å². The van der Waals surface area contributed by atoms with E-state index in [4.69, 9.17) is 0 Å². The first-order valence-corrected chi connectivity index (χ1v) is 11.3. The summed E-state index contributed by atoms with van der Waals surface area (Å²) in [5.74, 6) is 0.0115. The van der Waals surface area contributed by atoms with Crippen LogP contribution in [0, 0.1) is 5.92 Å². The third kappa shape index (κ3) is 3.69. The molecule has 1 aliphatic carbocycles. The summed E-state index contributed by atoms with van der Waals surface area (Å²) in [4.78, 5) is 17.5. The number of benzene rings is 1. The molecule has 1 aromatic carbocycles.